The molecule has 22 heavy (non-hydrogen) atoms. The zero-order valence-electron chi connectivity index (χ0n) is 14.0. The molecule has 0 saturated carbocycles. The molecule has 1 amide bonds. The summed E-state index contributed by atoms with van der Waals surface area (Å²) in [6.45, 7) is 10.7. The van der Waals surface area contributed by atoms with Gasteiger partial charge >= 0.3 is 0 Å². The van der Waals surface area contributed by atoms with Gasteiger partial charge in [-0.3, -0.25) is 9.69 Å². The quantitative estimate of drug-likeness (QED) is 0.895. The van der Waals surface area contributed by atoms with Gasteiger partial charge in [0.25, 0.3) is 0 Å². The first-order chi connectivity index (χ1) is 9.84. The molecule has 2 unspecified atom stereocenters. The number of nitrogens with zero attached hydrogens (tertiary/aromatic N) is 1. The normalized spacial score (nSPS) is 23.0. The molecule has 1 aliphatic heterocycles. The maximum atomic E-state index is 12.5. The number of hydrogen-bond acceptors (Lipinski definition) is 3. The number of hydrogen-bond donors (Lipinski definition) is 2. The molecule has 2 atom stereocenters. The van der Waals surface area contributed by atoms with Crippen molar-refractivity contribution < 1.29 is 4.79 Å². The molecule has 1 fully saturated rings. The summed E-state index contributed by atoms with van der Waals surface area (Å²) in [6.07, 6.45) is 1.06. The van der Waals surface area contributed by atoms with E-state index in [1.807, 2.05) is 32.9 Å². The van der Waals surface area contributed by atoms with Gasteiger partial charge in [-0.2, -0.15) is 0 Å². The average molecular weight is 326 g/mol. The highest BCUT2D eigenvalue weighted by Crippen LogP contribution is 2.30. The molecule has 1 aliphatic rings. The number of anilines is 1. The summed E-state index contributed by atoms with van der Waals surface area (Å²) >= 11 is 0. The highest BCUT2D eigenvalue weighted by Gasteiger charge is 2.36. The fraction of sp³-hybridized carbons (Fsp3) is 0.588. The summed E-state index contributed by atoms with van der Waals surface area (Å²) in [4.78, 5) is 14.7. The van der Waals surface area contributed by atoms with E-state index in [9.17, 15) is 4.79 Å². The molecular weight excluding hydrogens is 298 g/mol. The van der Waals surface area contributed by atoms with Crippen molar-refractivity contribution in [1.82, 2.24) is 4.90 Å². The molecule has 3 N–H and O–H groups in total. The van der Waals surface area contributed by atoms with Crippen LogP contribution in [0.1, 0.15) is 31.4 Å². The molecule has 1 heterocycles. The molecule has 1 saturated heterocycles. The Labute approximate surface area is 139 Å². The molecule has 0 bridgehead atoms. The standard InChI is InChI=1S/C17H27N3O.ClH/c1-12-5-6-13(2)15(9-12)19-16(21)14(3)20-8-7-17(4,10-18)11-20;/h5-6,9,14H,7-8,10-11,18H2,1-4H3,(H,19,21);1H. The van der Waals surface area contributed by atoms with Gasteiger partial charge in [0.1, 0.15) is 0 Å². The Kier molecular flexibility index (Phi) is 6.41. The van der Waals surface area contributed by atoms with Crippen molar-refractivity contribution in [2.24, 2.45) is 11.1 Å². The van der Waals surface area contributed by atoms with Crippen molar-refractivity contribution in [2.75, 3.05) is 25.0 Å². The lowest BCUT2D eigenvalue weighted by atomic mass is 9.90. The average Bonchev–Trinajstić information content (AvgIpc) is 2.85. The number of carbonyl (C=O) groups excluding carboxylic acids is 1. The minimum absolute atomic E-state index is 0. The predicted octanol–water partition coefficient (Wildman–Crippen LogP) is 2.72. The van der Waals surface area contributed by atoms with Crippen LogP contribution < -0.4 is 11.1 Å². The van der Waals surface area contributed by atoms with Gasteiger partial charge in [-0.05, 0) is 62.9 Å². The molecule has 124 valence electrons. The van der Waals surface area contributed by atoms with E-state index in [0.29, 0.717) is 6.54 Å². The number of likely N-dealkylation sites (tertiary alicyclic amines) is 1. The Balaban J connectivity index is 0.00000242. The topological polar surface area (TPSA) is 58.4 Å². The van der Waals surface area contributed by atoms with E-state index in [4.69, 9.17) is 5.73 Å². The second-order valence-electron chi connectivity index (χ2n) is 6.72. The number of halogens is 1. The molecule has 4 nitrogen and oxygen atoms in total. The Morgan fingerprint density at radius 1 is 1.45 bits per heavy atom. The highest BCUT2D eigenvalue weighted by molar-refractivity contribution is 5.95. The second kappa shape index (κ2) is 7.44. The lowest BCUT2D eigenvalue weighted by Crippen LogP contribution is -2.42. The largest absolute Gasteiger partial charge is 0.330 e. The summed E-state index contributed by atoms with van der Waals surface area (Å²) in [5.74, 6) is 0.0602. The maximum absolute atomic E-state index is 12.5. The molecule has 0 aromatic heterocycles. The molecule has 2 rings (SSSR count). The van der Waals surface area contributed by atoms with E-state index in [0.717, 1.165) is 36.3 Å². The van der Waals surface area contributed by atoms with Crippen molar-refractivity contribution in [3.8, 4) is 0 Å². The van der Waals surface area contributed by atoms with Gasteiger partial charge in [0.05, 0.1) is 6.04 Å². The van der Waals surface area contributed by atoms with Gasteiger partial charge < -0.3 is 11.1 Å². The first-order valence-electron chi connectivity index (χ1n) is 7.67. The fourth-order valence-electron chi connectivity index (χ4n) is 2.83. The zero-order valence-corrected chi connectivity index (χ0v) is 14.8. The second-order valence-corrected chi connectivity index (χ2v) is 6.72. The molecule has 1 aromatic carbocycles. The van der Waals surface area contributed by atoms with Crippen LogP contribution in [0.15, 0.2) is 18.2 Å². The number of rotatable bonds is 4. The lowest BCUT2D eigenvalue weighted by molar-refractivity contribution is -0.120. The molecule has 0 aliphatic carbocycles. The minimum atomic E-state index is -0.127. The number of aryl methyl sites for hydroxylation is 2. The zero-order chi connectivity index (χ0) is 15.6. The van der Waals surface area contributed by atoms with Crippen LogP contribution in [-0.4, -0.2) is 36.5 Å². The van der Waals surface area contributed by atoms with E-state index in [2.05, 4.69) is 23.2 Å². The highest BCUT2D eigenvalue weighted by atomic mass is 35.5. The van der Waals surface area contributed by atoms with Crippen molar-refractivity contribution >= 4 is 24.0 Å². The van der Waals surface area contributed by atoms with Crippen LogP contribution >= 0.6 is 12.4 Å². The minimum Gasteiger partial charge on any atom is -0.330 e. The maximum Gasteiger partial charge on any atom is 0.241 e. The van der Waals surface area contributed by atoms with Crippen molar-refractivity contribution in [1.29, 1.82) is 0 Å². The number of benzene rings is 1. The SMILES string of the molecule is Cc1ccc(C)c(NC(=O)C(C)N2CCC(C)(CN)C2)c1.Cl. The number of nitrogens with one attached hydrogen (secondary N) is 1. The van der Waals surface area contributed by atoms with Crippen LogP contribution in [0.5, 0.6) is 0 Å². The van der Waals surface area contributed by atoms with E-state index >= 15 is 0 Å². The van der Waals surface area contributed by atoms with Crippen LogP contribution in [0.4, 0.5) is 5.69 Å². The summed E-state index contributed by atoms with van der Waals surface area (Å²) in [5, 5.41) is 3.06. The lowest BCUT2D eigenvalue weighted by Gasteiger charge is -2.26. The van der Waals surface area contributed by atoms with Crippen LogP contribution in [0.25, 0.3) is 0 Å². The van der Waals surface area contributed by atoms with Crippen LogP contribution in [0, 0.1) is 19.3 Å². The smallest absolute Gasteiger partial charge is 0.241 e. The Bertz CT molecular complexity index is 535. The Morgan fingerprint density at radius 3 is 2.73 bits per heavy atom. The molecule has 5 heteroatoms. The Hall–Kier alpha value is -1.10. The third-order valence-electron chi connectivity index (χ3n) is 4.66. The summed E-state index contributed by atoms with van der Waals surface area (Å²) < 4.78 is 0. The van der Waals surface area contributed by atoms with Gasteiger partial charge in [0, 0.05) is 12.2 Å². The van der Waals surface area contributed by atoms with Gasteiger partial charge in [0.2, 0.25) is 5.91 Å². The van der Waals surface area contributed by atoms with E-state index in [1.54, 1.807) is 0 Å². The summed E-state index contributed by atoms with van der Waals surface area (Å²) in [6, 6.07) is 5.99. The van der Waals surface area contributed by atoms with Gasteiger partial charge in [-0.1, -0.05) is 19.1 Å². The van der Waals surface area contributed by atoms with Crippen LogP contribution in [0.2, 0.25) is 0 Å². The van der Waals surface area contributed by atoms with Crippen LogP contribution in [-0.2, 0) is 4.79 Å². The number of nitrogens with two attached hydrogens (primary N) is 1. The van der Waals surface area contributed by atoms with Gasteiger partial charge in [-0.15, -0.1) is 12.4 Å². The van der Waals surface area contributed by atoms with Gasteiger partial charge in [0.15, 0.2) is 0 Å². The number of amides is 1. The Morgan fingerprint density at radius 2 is 2.14 bits per heavy atom. The predicted molar refractivity (Wildman–Crippen MR) is 94.6 cm³/mol. The van der Waals surface area contributed by atoms with Crippen molar-refractivity contribution in [3.63, 3.8) is 0 Å². The molecular formula is C17H28ClN3O. The summed E-state index contributed by atoms with van der Waals surface area (Å²) in [7, 11) is 0. The fourth-order valence-corrected chi connectivity index (χ4v) is 2.83. The van der Waals surface area contributed by atoms with Gasteiger partial charge in [-0.25, -0.2) is 0 Å². The van der Waals surface area contributed by atoms with E-state index < -0.39 is 0 Å². The van der Waals surface area contributed by atoms with E-state index in [1.165, 1.54) is 0 Å². The third-order valence-corrected chi connectivity index (χ3v) is 4.66. The number of carbonyl (C=O) groups is 1. The van der Waals surface area contributed by atoms with Crippen LogP contribution in [0.3, 0.4) is 0 Å². The van der Waals surface area contributed by atoms with E-state index in [-0.39, 0.29) is 29.8 Å². The summed E-state index contributed by atoms with van der Waals surface area (Å²) in [5.41, 5.74) is 9.14. The first kappa shape index (κ1) is 18.9. The third kappa shape index (κ3) is 4.22. The van der Waals surface area contributed by atoms with Crippen molar-refractivity contribution in [2.45, 2.75) is 40.2 Å². The molecule has 0 radical (unpaired) electrons. The monoisotopic (exact) mass is 325 g/mol. The first-order valence-corrected chi connectivity index (χ1v) is 7.67. The van der Waals surface area contributed by atoms with Crippen molar-refractivity contribution in [3.05, 3.63) is 29.3 Å². The molecule has 1 aromatic rings. The molecule has 0 spiro atoms.